The summed E-state index contributed by atoms with van der Waals surface area (Å²) in [6.07, 6.45) is 1.65. The molecular weight excluding hydrogens is 256 g/mol. The molecule has 0 spiro atoms. The second-order valence-electron chi connectivity index (χ2n) is 5.34. The fourth-order valence-corrected chi connectivity index (χ4v) is 3.08. The first-order valence-corrected chi connectivity index (χ1v) is 7.05. The lowest BCUT2D eigenvalue weighted by Gasteiger charge is -2.36. The minimum Gasteiger partial charge on any atom is -0.465 e. The van der Waals surface area contributed by atoms with Gasteiger partial charge in [-0.1, -0.05) is 12.1 Å². The highest BCUT2D eigenvalue weighted by Gasteiger charge is 2.26. The Labute approximate surface area is 117 Å². The lowest BCUT2D eigenvalue weighted by molar-refractivity contribution is 0.0972. The summed E-state index contributed by atoms with van der Waals surface area (Å²) in [6, 6.07) is 6.01. The highest BCUT2D eigenvalue weighted by molar-refractivity contribution is 6.03. The molecule has 1 aliphatic heterocycles. The number of piperazine rings is 1. The summed E-state index contributed by atoms with van der Waals surface area (Å²) in [6.45, 7) is 2.28. The van der Waals surface area contributed by atoms with Crippen molar-refractivity contribution in [2.24, 2.45) is 0 Å². The Kier molecular flexibility index (Phi) is 3.34. The molecular formula is C15H18N2O3. The van der Waals surface area contributed by atoms with Crippen LogP contribution in [0.5, 0.6) is 0 Å². The second kappa shape index (κ2) is 5.15. The predicted octanol–water partition coefficient (Wildman–Crippen LogP) is 2.01. The molecule has 0 saturated carbocycles. The van der Waals surface area contributed by atoms with E-state index in [-0.39, 0.29) is 5.78 Å². The SMILES string of the molecule is O=C1CCCc2cccc(N3CCN(C(=O)O)CC3)c21. The number of carbonyl (C=O) groups is 2. The number of ketones is 1. The third-order valence-electron chi connectivity index (χ3n) is 4.15. The van der Waals surface area contributed by atoms with E-state index < -0.39 is 6.09 Å². The lowest BCUT2D eigenvalue weighted by atomic mass is 9.89. The summed E-state index contributed by atoms with van der Waals surface area (Å²) in [5.41, 5.74) is 2.99. The number of aryl methyl sites for hydroxylation is 1. The standard InChI is InChI=1S/C15H18N2O3/c18-13-6-2-4-11-3-1-5-12(14(11)13)16-7-9-17(10-8-16)15(19)20/h1,3,5H,2,4,6-10H2,(H,19,20). The number of rotatable bonds is 1. The van der Waals surface area contributed by atoms with Crippen LogP contribution < -0.4 is 4.90 Å². The fourth-order valence-electron chi connectivity index (χ4n) is 3.08. The van der Waals surface area contributed by atoms with Gasteiger partial charge in [0.25, 0.3) is 0 Å². The van der Waals surface area contributed by atoms with Crippen LogP contribution in [0, 0.1) is 0 Å². The van der Waals surface area contributed by atoms with Crippen molar-refractivity contribution < 1.29 is 14.7 Å². The van der Waals surface area contributed by atoms with Crippen molar-refractivity contribution in [2.45, 2.75) is 19.3 Å². The zero-order chi connectivity index (χ0) is 14.1. The van der Waals surface area contributed by atoms with Gasteiger partial charge in [0, 0.05) is 43.9 Å². The summed E-state index contributed by atoms with van der Waals surface area (Å²) in [4.78, 5) is 26.7. The Balaban J connectivity index is 1.85. The van der Waals surface area contributed by atoms with Crippen molar-refractivity contribution in [3.63, 3.8) is 0 Å². The van der Waals surface area contributed by atoms with Crippen molar-refractivity contribution in [3.8, 4) is 0 Å². The van der Waals surface area contributed by atoms with Gasteiger partial charge in [0.2, 0.25) is 0 Å². The van der Waals surface area contributed by atoms with Gasteiger partial charge in [0.15, 0.2) is 5.78 Å². The average molecular weight is 274 g/mol. The zero-order valence-corrected chi connectivity index (χ0v) is 11.3. The van der Waals surface area contributed by atoms with Crippen LogP contribution in [0.15, 0.2) is 18.2 Å². The molecule has 5 heteroatoms. The summed E-state index contributed by atoms with van der Waals surface area (Å²) >= 11 is 0. The van der Waals surface area contributed by atoms with Crippen LogP contribution in [0.2, 0.25) is 0 Å². The second-order valence-corrected chi connectivity index (χ2v) is 5.34. The third kappa shape index (κ3) is 2.24. The molecule has 0 atom stereocenters. The normalized spacial score (nSPS) is 18.9. The maximum absolute atomic E-state index is 12.2. The van der Waals surface area contributed by atoms with E-state index in [2.05, 4.69) is 4.90 Å². The average Bonchev–Trinajstić information content (AvgIpc) is 2.47. The highest BCUT2D eigenvalue weighted by Crippen LogP contribution is 2.31. The fraction of sp³-hybridized carbons (Fsp3) is 0.467. The number of amides is 1. The van der Waals surface area contributed by atoms with E-state index in [4.69, 9.17) is 5.11 Å². The molecule has 1 fully saturated rings. The topological polar surface area (TPSA) is 60.9 Å². The quantitative estimate of drug-likeness (QED) is 0.851. The molecule has 0 unspecified atom stereocenters. The first-order valence-electron chi connectivity index (χ1n) is 7.05. The van der Waals surface area contributed by atoms with Crippen LogP contribution in [0.4, 0.5) is 10.5 Å². The van der Waals surface area contributed by atoms with Crippen LogP contribution in [0.3, 0.4) is 0 Å². The molecule has 20 heavy (non-hydrogen) atoms. The molecule has 1 aromatic rings. The van der Waals surface area contributed by atoms with Crippen molar-refractivity contribution in [1.82, 2.24) is 4.90 Å². The van der Waals surface area contributed by atoms with E-state index in [1.165, 1.54) is 4.90 Å². The van der Waals surface area contributed by atoms with E-state index in [1.54, 1.807) is 0 Å². The van der Waals surface area contributed by atoms with Crippen LogP contribution in [-0.4, -0.2) is 48.1 Å². The predicted molar refractivity (Wildman–Crippen MR) is 75.5 cm³/mol. The molecule has 1 N–H and O–H groups in total. The summed E-state index contributed by atoms with van der Waals surface area (Å²) in [5.74, 6) is 0.225. The molecule has 0 aromatic heterocycles. The minimum absolute atomic E-state index is 0.225. The Morgan fingerprint density at radius 3 is 2.55 bits per heavy atom. The molecule has 106 valence electrons. The molecule has 1 amide bonds. The third-order valence-corrected chi connectivity index (χ3v) is 4.15. The monoisotopic (exact) mass is 274 g/mol. The van der Waals surface area contributed by atoms with Crippen LogP contribution in [0.1, 0.15) is 28.8 Å². The van der Waals surface area contributed by atoms with Crippen molar-refractivity contribution >= 4 is 17.6 Å². The van der Waals surface area contributed by atoms with Gasteiger partial charge in [0.05, 0.1) is 0 Å². The summed E-state index contributed by atoms with van der Waals surface area (Å²) in [7, 11) is 0. The maximum Gasteiger partial charge on any atom is 0.407 e. The molecule has 3 rings (SSSR count). The van der Waals surface area contributed by atoms with Crippen molar-refractivity contribution in [1.29, 1.82) is 0 Å². The van der Waals surface area contributed by atoms with Crippen LogP contribution in [0.25, 0.3) is 0 Å². The van der Waals surface area contributed by atoms with E-state index in [9.17, 15) is 9.59 Å². The molecule has 1 aromatic carbocycles. The van der Waals surface area contributed by atoms with E-state index in [0.717, 1.165) is 29.7 Å². The number of fused-ring (bicyclic) bond motifs is 1. The first kappa shape index (κ1) is 13.0. The van der Waals surface area contributed by atoms with Gasteiger partial charge >= 0.3 is 6.09 Å². The molecule has 1 aliphatic carbocycles. The van der Waals surface area contributed by atoms with Gasteiger partial charge in [0.1, 0.15) is 0 Å². The number of carboxylic acid groups (broad SMARTS) is 1. The minimum atomic E-state index is -0.865. The van der Waals surface area contributed by atoms with E-state index in [1.807, 2.05) is 18.2 Å². The number of benzene rings is 1. The molecule has 5 nitrogen and oxygen atoms in total. The number of hydrogen-bond donors (Lipinski definition) is 1. The number of hydrogen-bond acceptors (Lipinski definition) is 3. The van der Waals surface area contributed by atoms with Gasteiger partial charge in [-0.3, -0.25) is 4.79 Å². The summed E-state index contributed by atoms with van der Waals surface area (Å²) < 4.78 is 0. The van der Waals surface area contributed by atoms with Crippen LogP contribution >= 0.6 is 0 Å². The number of carbonyl (C=O) groups excluding carboxylic acids is 1. The highest BCUT2D eigenvalue weighted by atomic mass is 16.4. The zero-order valence-electron chi connectivity index (χ0n) is 11.3. The largest absolute Gasteiger partial charge is 0.465 e. The molecule has 2 aliphatic rings. The van der Waals surface area contributed by atoms with Crippen molar-refractivity contribution in [2.75, 3.05) is 31.1 Å². The van der Waals surface area contributed by atoms with E-state index in [0.29, 0.717) is 32.6 Å². The Bertz CT molecular complexity index is 548. The molecule has 0 radical (unpaired) electrons. The Morgan fingerprint density at radius 2 is 1.85 bits per heavy atom. The number of anilines is 1. The van der Waals surface area contributed by atoms with Crippen molar-refractivity contribution in [3.05, 3.63) is 29.3 Å². The lowest BCUT2D eigenvalue weighted by Crippen LogP contribution is -2.48. The first-order chi connectivity index (χ1) is 9.66. The molecule has 1 heterocycles. The maximum atomic E-state index is 12.2. The Hall–Kier alpha value is -2.04. The van der Waals surface area contributed by atoms with Gasteiger partial charge < -0.3 is 14.9 Å². The van der Waals surface area contributed by atoms with Gasteiger partial charge in [-0.25, -0.2) is 4.79 Å². The number of Topliss-reactive ketones (excluding diaryl/α,β-unsaturated/α-hetero) is 1. The Morgan fingerprint density at radius 1 is 1.10 bits per heavy atom. The van der Waals surface area contributed by atoms with Gasteiger partial charge in [-0.05, 0) is 24.5 Å². The van der Waals surface area contributed by atoms with E-state index >= 15 is 0 Å². The van der Waals surface area contributed by atoms with Crippen LogP contribution in [-0.2, 0) is 6.42 Å². The van der Waals surface area contributed by atoms with Gasteiger partial charge in [-0.15, -0.1) is 0 Å². The number of nitrogens with zero attached hydrogens (tertiary/aromatic N) is 2. The molecule has 0 bridgehead atoms. The van der Waals surface area contributed by atoms with Gasteiger partial charge in [-0.2, -0.15) is 0 Å². The smallest absolute Gasteiger partial charge is 0.407 e. The molecule has 1 saturated heterocycles. The summed E-state index contributed by atoms with van der Waals surface area (Å²) in [5, 5.41) is 8.98.